The average molecular weight is 648 g/mol. The quantitative estimate of drug-likeness (QED) is 0.190. The zero-order valence-corrected chi connectivity index (χ0v) is 27.6. The summed E-state index contributed by atoms with van der Waals surface area (Å²) in [6.45, 7) is 0. The zero-order chi connectivity index (χ0) is 33.5. The number of nitrogens with zero attached hydrogens (tertiary/aromatic N) is 3. The van der Waals surface area contributed by atoms with Gasteiger partial charge in [-0.3, -0.25) is 0 Å². The van der Waals surface area contributed by atoms with Crippen LogP contribution in [0.3, 0.4) is 0 Å². The lowest BCUT2D eigenvalue weighted by Gasteiger charge is -2.15. The molecule has 0 saturated carbocycles. The molecule has 10 aromatic rings. The first-order valence-electron chi connectivity index (χ1n) is 17.4. The molecule has 0 atom stereocenters. The van der Waals surface area contributed by atoms with Crippen molar-refractivity contribution < 1.29 is 0 Å². The van der Waals surface area contributed by atoms with Crippen molar-refractivity contribution in [2.24, 2.45) is 0 Å². The van der Waals surface area contributed by atoms with E-state index in [0.717, 1.165) is 39.2 Å². The minimum absolute atomic E-state index is 0.722. The third kappa shape index (κ3) is 4.19. The lowest BCUT2D eigenvalue weighted by molar-refractivity contribution is 1.18. The summed E-state index contributed by atoms with van der Waals surface area (Å²) in [6.07, 6.45) is 0. The largest absolute Gasteiger partial charge is 0.309 e. The van der Waals surface area contributed by atoms with Gasteiger partial charge in [-0.1, -0.05) is 146 Å². The molecule has 3 nitrogen and oxygen atoms in total. The molecule has 236 valence electrons. The molecule has 3 heteroatoms. The molecular formula is C48H29N3. The number of rotatable bonds is 4. The predicted octanol–water partition coefficient (Wildman–Crippen LogP) is 12.5. The predicted molar refractivity (Wildman–Crippen MR) is 212 cm³/mol. The van der Waals surface area contributed by atoms with E-state index in [-0.39, 0.29) is 0 Å². The molecule has 11 rings (SSSR count). The van der Waals surface area contributed by atoms with E-state index in [1.165, 1.54) is 66.0 Å². The van der Waals surface area contributed by atoms with E-state index < -0.39 is 0 Å². The summed E-state index contributed by atoms with van der Waals surface area (Å²) in [7, 11) is 0. The Morgan fingerprint density at radius 1 is 0.373 bits per heavy atom. The summed E-state index contributed by atoms with van der Waals surface area (Å²) < 4.78 is 2.44. The fourth-order valence-corrected chi connectivity index (χ4v) is 8.25. The van der Waals surface area contributed by atoms with Crippen molar-refractivity contribution in [2.45, 2.75) is 0 Å². The van der Waals surface area contributed by atoms with Crippen LogP contribution in [0.5, 0.6) is 0 Å². The third-order valence-electron chi connectivity index (χ3n) is 10.5. The Labute approximate surface area is 294 Å². The molecule has 8 aromatic carbocycles. The monoisotopic (exact) mass is 647 g/mol. The van der Waals surface area contributed by atoms with Crippen molar-refractivity contribution in [3.05, 3.63) is 176 Å². The van der Waals surface area contributed by atoms with Gasteiger partial charge in [-0.15, -0.1) is 0 Å². The van der Waals surface area contributed by atoms with E-state index in [9.17, 15) is 0 Å². The minimum atomic E-state index is 0.722. The first-order valence-corrected chi connectivity index (χ1v) is 17.4. The van der Waals surface area contributed by atoms with E-state index in [4.69, 9.17) is 9.97 Å². The van der Waals surface area contributed by atoms with E-state index in [0.29, 0.717) is 0 Å². The SMILES string of the molecule is c1ccc(-c2ccc(-c3nc(-c4ccccc4)nc4ccc(-n5c6cccc7c6c6c8c(cccc8ccc65)-c5ccccc5-7)cc34)cc2)cc1. The van der Waals surface area contributed by atoms with Gasteiger partial charge in [-0.05, 0) is 74.5 Å². The van der Waals surface area contributed by atoms with Crippen molar-refractivity contribution in [1.82, 2.24) is 14.5 Å². The van der Waals surface area contributed by atoms with Crippen LogP contribution in [0.4, 0.5) is 0 Å². The van der Waals surface area contributed by atoms with Gasteiger partial charge in [0.2, 0.25) is 0 Å². The second kappa shape index (κ2) is 10.8. The lowest BCUT2D eigenvalue weighted by atomic mass is 9.93. The van der Waals surface area contributed by atoms with Crippen LogP contribution in [0.2, 0.25) is 0 Å². The van der Waals surface area contributed by atoms with Crippen LogP contribution in [0.25, 0.3) is 105 Å². The summed E-state index contributed by atoms with van der Waals surface area (Å²) in [4.78, 5) is 10.4. The highest BCUT2D eigenvalue weighted by Gasteiger charge is 2.25. The molecule has 0 unspecified atom stereocenters. The van der Waals surface area contributed by atoms with Gasteiger partial charge in [0.15, 0.2) is 5.82 Å². The maximum Gasteiger partial charge on any atom is 0.160 e. The highest BCUT2D eigenvalue weighted by atomic mass is 15.0. The van der Waals surface area contributed by atoms with Gasteiger partial charge in [0, 0.05) is 33.0 Å². The van der Waals surface area contributed by atoms with Crippen LogP contribution in [-0.4, -0.2) is 14.5 Å². The molecule has 0 aliphatic heterocycles. The molecule has 0 radical (unpaired) electrons. The first kappa shape index (κ1) is 28.0. The number of aromatic nitrogens is 3. The number of hydrogen-bond donors (Lipinski definition) is 0. The second-order valence-electron chi connectivity index (χ2n) is 13.4. The molecule has 0 N–H and O–H groups in total. The highest BCUT2D eigenvalue weighted by Crippen LogP contribution is 2.49. The van der Waals surface area contributed by atoms with E-state index in [2.05, 4.69) is 162 Å². The van der Waals surface area contributed by atoms with Gasteiger partial charge in [-0.25, -0.2) is 9.97 Å². The molecule has 51 heavy (non-hydrogen) atoms. The van der Waals surface area contributed by atoms with E-state index in [1.54, 1.807) is 0 Å². The van der Waals surface area contributed by atoms with Gasteiger partial charge in [0.1, 0.15) is 0 Å². The van der Waals surface area contributed by atoms with Crippen LogP contribution in [0.15, 0.2) is 176 Å². The highest BCUT2D eigenvalue weighted by molar-refractivity contribution is 6.30. The van der Waals surface area contributed by atoms with Crippen LogP contribution < -0.4 is 0 Å². The Bertz CT molecular complexity index is 2990. The Morgan fingerprint density at radius 2 is 0.980 bits per heavy atom. The van der Waals surface area contributed by atoms with E-state index >= 15 is 0 Å². The molecule has 2 aromatic heterocycles. The van der Waals surface area contributed by atoms with Gasteiger partial charge >= 0.3 is 0 Å². The van der Waals surface area contributed by atoms with Crippen LogP contribution in [0, 0.1) is 0 Å². The summed E-state index contributed by atoms with van der Waals surface area (Å²) >= 11 is 0. The standard InChI is InChI=1S/C48H29N3/c1-3-11-30(12-4-1)31-21-23-33(24-22-31)47-40-29-35(26-27-41(40)49-48(50-47)34-13-5-2-6-14-34)51-42-20-10-19-39-37-17-8-7-16-36(37)38-18-9-15-32-25-28-43(51)46(44(32)38)45(39)42/h1-29H. The normalized spacial score (nSPS) is 11.9. The Hall–Kier alpha value is -6.84. The number of benzene rings is 8. The topological polar surface area (TPSA) is 30.7 Å². The average Bonchev–Trinajstić information content (AvgIpc) is 3.49. The number of fused-ring (bicyclic) bond motifs is 4. The smallest absolute Gasteiger partial charge is 0.160 e. The van der Waals surface area contributed by atoms with Crippen molar-refractivity contribution >= 4 is 43.5 Å². The van der Waals surface area contributed by atoms with Gasteiger partial charge in [0.05, 0.1) is 22.2 Å². The molecule has 0 saturated heterocycles. The maximum absolute atomic E-state index is 5.27. The van der Waals surface area contributed by atoms with Crippen LogP contribution >= 0.6 is 0 Å². The molecule has 0 spiro atoms. The first-order chi connectivity index (χ1) is 25.3. The zero-order valence-electron chi connectivity index (χ0n) is 27.6. The molecule has 1 aliphatic rings. The van der Waals surface area contributed by atoms with Crippen LogP contribution in [0.1, 0.15) is 0 Å². The molecule has 0 fully saturated rings. The summed E-state index contributed by atoms with van der Waals surface area (Å²) in [5.41, 5.74) is 14.8. The fraction of sp³-hybridized carbons (Fsp3) is 0. The second-order valence-corrected chi connectivity index (χ2v) is 13.4. The summed E-state index contributed by atoms with van der Waals surface area (Å²) in [5, 5.41) is 6.18. The maximum atomic E-state index is 5.27. The van der Waals surface area contributed by atoms with Crippen LogP contribution in [-0.2, 0) is 0 Å². The Kier molecular flexibility index (Phi) is 5.96. The summed E-state index contributed by atoms with van der Waals surface area (Å²) in [6, 6.07) is 63.1. The molecule has 1 aliphatic carbocycles. The van der Waals surface area contributed by atoms with Gasteiger partial charge < -0.3 is 4.57 Å². The van der Waals surface area contributed by atoms with Crippen molar-refractivity contribution in [1.29, 1.82) is 0 Å². The molecule has 0 bridgehead atoms. The minimum Gasteiger partial charge on any atom is -0.309 e. The third-order valence-corrected chi connectivity index (χ3v) is 10.5. The van der Waals surface area contributed by atoms with Crippen molar-refractivity contribution in [3.8, 4) is 61.7 Å². The molecular weight excluding hydrogens is 619 g/mol. The number of hydrogen-bond acceptors (Lipinski definition) is 2. The van der Waals surface area contributed by atoms with E-state index in [1.807, 2.05) is 18.2 Å². The Morgan fingerprint density at radius 3 is 1.75 bits per heavy atom. The van der Waals surface area contributed by atoms with Gasteiger partial charge in [0.25, 0.3) is 0 Å². The van der Waals surface area contributed by atoms with Crippen molar-refractivity contribution in [3.63, 3.8) is 0 Å². The summed E-state index contributed by atoms with van der Waals surface area (Å²) in [5.74, 6) is 0.722. The Balaban J connectivity index is 1.19. The lowest BCUT2D eigenvalue weighted by Crippen LogP contribution is -1.99. The fourth-order valence-electron chi connectivity index (χ4n) is 8.25. The van der Waals surface area contributed by atoms with Gasteiger partial charge in [-0.2, -0.15) is 0 Å². The van der Waals surface area contributed by atoms with Crippen molar-refractivity contribution in [2.75, 3.05) is 0 Å². The molecule has 0 amide bonds. The molecule has 2 heterocycles.